The average molecular weight is 311 g/mol. The van der Waals surface area contributed by atoms with Crippen molar-refractivity contribution in [3.8, 4) is 0 Å². The normalized spacial score (nSPS) is 21.0. The molecule has 0 bridgehead atoms. The summed E-state index contributed by atoms with van der Waals surface area (Å²) in [6.07, 6.45) is 8.63. The molecule has 23 heavy (non-hydrogen) atoms. The van der Waals surface area contributed by atoms with Crippen molar-refractivity contribution in [1.82, 2.24) is 20.3 Å². The van der Waals surface area contributed by atoms with Gasteiger partial charge in [-0.1, -0.05) is 0 Å². The van der Waals surface area contributed by atoms with E-state index in [1.165, 1.54) is 12.8 Å². The summed E-state index contributed by atoms with van der Waals surface area (Å²) >= 11 is 0. The average Bonchev–Trinajstić information content (AvgIpc) is 3.15. The Bertz CT molecular complexity index is 724. The molecule has 0 radical (unpaired) electrons. The molecule has 2 aromatic rings. The van der Waals surface area contributed by atoms with Crippen molar-refractivity contribution in [3.05, 3.63) is 30.4 Å². The summed E-state index contributed by atoms with van der Waals surface area (Å²) in [6.45, 7) is 3.83. The van der Waals surface area contributed by atoms with Crippen molar-refractivity contribution in [2.24, 2.45) is 5.92 Å². The minimum atomic E-state index is 0.634. The lowest BCUT2D eigenvalue weighted by Gasteiger charge is -2.23. The third-order valence-electron chi connectivity index (χ3n) is 4.46. The molecule has 120 valence electrons. The van der Waals surface area contributed by atoms with Gasteiger partial charge < -0.3 is 15.4 Å². The molecule has 1 unspecified atom stereocenters. The van der Waals surface area contributed by atoms with Crippen LogP contribution in [0.15, 0.2) is 24.7 Å². The van der Waals surface area contributed by atoms with Crippen LogP contribution in [0.25, 0.3) is 16.6 Å². The molecule has 2 aromatic heterocycles. The fourth-order valence-electron chi connectivity index (χ4n) is 3.17. The highest BCUT2D eigenvalue weighted by atomic mass is 16.5. The van der Waals surface area contributed by atoms with Crippen molar-refractivity contribution in [2.45, 2.75) is 19.3 Å². The van der Waals surface area contributed by atoms with Gasteiger partial charge in [-0.25, -0.2) is 9.97 Å². The molecule has 0 aliphatic carbocycles. The van der Waals surface area contributed by atoms with Crippen molar-refractivity contribution < 1.29 is 4.74 Å². The molecule has 1 saturated heterocycles. The second-order valence-electron chi connectivity index (χ2n) is 6.14. The SMILES string of the molecule is C1=C(c2cc3nccnc3c(NCC3CCCNC3)n2)CCO1. The van der Waals surface area contributed by atoms with E-state index < -0.39 is 0 Å². The summed E-state index contributed by atoms with van der Waals surface area (Å²) in [5.74, 6) is 1.46. The number of piperidine rings is 1. The maximum atomic E-state index is 5.35. The summed E-state index contributed by atoms with van der Waals surface area (Å²) in [5, 5.41) is 6.95. The number of hydrogen-bond donors (Lipinski definition) is 2. The van der Waals surface area contributed by atoms with Crippen LogP contribution in [0.2, 0.25) is 0 Å². The third kappa shape index (κ3) is 3.12. The quantitative estimate of drug-likeness (QED) is 0.902. The molecule has 2 aliphatic rings. The molecule has 1 atom stereocenters. The van der Waals surface area contributed by atoms with Crippen LogP contribution in [-0.2, 0) is 4.74 Å². The summed E-state index contributed by atoms with van der Waals surface area (Å²) in [4.78, 5) is 13.7. The van der Waals surface area contributed by atoms with Crippen molar-refractivity contribution in [3.63, 3.8) is 0 Å². The van der Waals surface area contributed by atoms with Gasteiger partial charge in [-0.2, -0.15) is 0 Å². The number of fused-ring (bicyclic) bond motifs is 1. The first-order valence-electron chi connectivity index (χ1n) is 8.27. The summed E-state index contributed by atoms with van der Waals surface area (Å²) in [6, 6.07) is 2.00. The lowest BCUT2D eigenvalue weighted by atomic mass is 10.00. The summed E-state index contributed by atoms with van der Waals surface area (Å²) in [7, 11) is 0. The molecule has 2 aliphatic heterocycles. The molecular weight excluding hydrogens is 290 g/mol. The van der Waals surface area contributed by atoms with Gasteiger partial charge >= 0.3 is 0 Å². The Morgan fingerprint density at radius 2 is 2.26 bits per heavy atom. The van der Waals surface area contributed by atoms with E-state index >= 15 is 0 Å². The second-order valence-corrected chi connectivity index (χ2v) is 6.14. The zero-order valence-electron chi connectivity index (χ0n) is 13.1. The first-order valence-corrected chi connectivity index (χ1v) is 8.27. The minimum Gasteiger partial charge on any atom is -0.500 e. The van der Waals surface area contributed by atoms with Crippen molar-refractivity contribution >= 4 is 22.4 Å². The van der Waals surface area contributed by atoms with E-state index in [9.17, 15) is 0 Å². The zero-order chi connectivity index (χ0) is 15.5. The molecule has 0 spiro atoms. The Morgan fingerprint density at radius 3 is 3.09 bits per heavy atom. The Balaban J connectivity index is 1.63. The summed E-state index contributed by atoms with van der Waals surface area (Å²) < 4.78 is 5.35. The molecule has 4 rings (SSSR count). The predicted octanol–water partition coefficient (Wildman–Crippen LogP) is 2.20. The number of ether oxygens (including phenoxy) is 1. The Morgan fingerprint density at radius 1 is 1.30 bits per heavy atom. The van der Waals surface area contributed by atoms with Crippen LogP contribution in [0.1, 0.15) is 25.0 Å². The van der Waals surface area contributed by atoms with E-state index in [1.807, 2.05) is 6.07 Å². The number of nitrogens with zero attached hydrogens (tertiary/aromatic N) is 3. The standard InChI is InChI=1S/C17H21N5O/c1-2-12(9-18-4-1)10-21-17-16-15(19-5-6-20-16)8-14(22-17)13-3-7-23-11-13/h5-6,8,11-12,18H,1-4,7,9-10H2,(H,21,22). The molecule has 4 heterocycles. The van der Waals surface area contributed by atoms with Gasteiger partial charge in [-0.05, 0) is 37.9 Å². The van der Waals surface area contributed by atoms with Crippen LogP contribution in [-0.4, -0.2) is 41.2 Å². The lowest BCUT2D eigenvalue weighted by Crippen LogP contribution is -2.33. The maximum Gasteiger partial charge on any atom is 0.154 e. The van der Waals surface area contributed by atoms with Gasteiger partial charge in [0.2, 0.25) is 0 Å². The lowest BCUT2D eigenvalue weighted by molar-refractivity contribution is 0.281. The van der Waals surface area contributed by atoms with Gasteiger partial charge in [0, 0.05) is 30.9 Å². The highest BCUT2D eigenvalue weighted by Gasteiger charge is 2.17. The van der Waals surface area contributed by atoms with Crippen LogP contribution < -0.4 is 10.6 Å². The third-order valence-corrected chi connectivity index (χ3v) is 4.46. The van der Waals surface area contributed by atoms with Gasteiger partial charge in [-0.3, -0.25) is 4.98 Å². The van der Waals surface area contributed by atoms with E-state index in [2.05, 4.69) is 20.6 Å². The molecule has 0 amide bonds. The number of nitrogens with one attached hydrogen (secondary N) is 2. The topological polar surface area (TPSA) is 72.0 Å². The van der Waals surface area contributed by atoms with E-state index in [0.29, 0.717) is 5.92 Å². The van der Waals surface area contributed by atoms with Crippen LogP contribution >= 0.6 is 0 Å². The fourth-order valence-corrected chi connectivity index (χ4v) is 3.17. The second kappa shape index (κ2) is 6.50. The Kier molecular flexibility index (Phi) is 4.06. The van der Waals surface area contributed by atoms with Crippen LogP contribution in [0.3, 0.4) is 0 Å². The highest BCUT2D eigenvalue weighted by Crippen LogP contribution is 2.27. The molecule has 0 saturated carbocycles. The van der Waals surface area contributed by atoms with Gasteiger partial charge in [0.1, 0.15) is 5.52 Å². The van der Waals surface area contributed by atoms with Gasteiger partial charge in [0.25, 0.3) is 0 Å². The zero-order valence-corrected chi connectivity index (χ0v) is 13.1. The van der Waals surface area contributed by atoms with E-state index in [1.54, 1.807) is 18.7 Å². The molecule has 6 nitrogen and oxygen atoms in total. The van der Waals surface area contributed by atoms with Gasteiger partial charge in [0.05, 0.1) is 24.1 Å². The fraction of sp³-hybridized carbons (Fsp3) is 0.471. The smallest absolute Gasteiger partial charge is 0.154 e. The van der Waals surface area contributed by atoms with Crippen molar-refractivity contribution in [1.29, 1.82) is 0 Å². The van der Waals surface area contributed by atoms with E-state index in [4.69, 9.17) is 9.72 Å². The van der Waals surface area contributed by atoms with Crippen LogP contribution in [0, 0.1) is 5.92 Å². The Labute approximate surface area is 135 Å². The number of aromatic nitrogens is 3. The molecule has 0 aromatic carbocycles. The molecule has 2 N–H and O–H groups in total. The Hall–Kier alpha value is -2.21. The number of pyridine rings is 1. The van der Waals surface area contributed by atoms with Crippen molar-refractivity contribution in [2.75, 3.05) is 31.6 Å². The summed E-state index contributed by atoms with van der Waals surface area (Å²) in [5.41, 5.74) is 3.76. The maximum absolute atomic E-state index is 5.35. The minimum absolute atomic E-state index is 0.634. The van der Waals surface area contributed by atoms with E-state index in [-0.39, 0.29) is 0 Å². The first-order chi connectivity index (χ1) is 11.4. The number of anilines is 1. The van der Waals surface area contributed by atoms with Crippen LogP contribution in [0.4, 0.5) is 5.82 Å². The van der Waals surface area contributed by atoms with Gasteiger partial charge in [-0.15, -0.1) is 0 Å². The number of hydrogen-bond acceptors (Lipinski definition) is 6. The predicted molar refractivity (Wildman–Crippen MR) is 90.0 cm³/mol. The van der Waals surface area contributed by atoms with E-state index in [0.717, 1.165) is 60.8 Å². The molecule has 6 heteroatoms. The molecule has 1 fully saturated rings. The van der Waals surface area contributed by atoms with Gasteiger partial charge in [0.15, 0.2) is 5.82 Å². The highest BCUT2D eigenvalue weighted by molar-refractivity contribution is 5.87. The largest absolute Gasteiger partial charge is 0.500 e. The first kappa shape index (κ1) is 14.4. The monoisotopic (exact) mass is 311 g/mol. The number of rotatable bonds is 4. The van der Waals surface area contributed by atoms with Crippen LogP contribution in [0.5, 0.6) is 0 Å². The molecular formula is C17H21N5O.